The van der Waals surface area contributed by atoms with E-state index in [0.29, 0.717) is 30.2 Å². The Morgan fingerprint density at radius 1 is 1.09 bits per heavy atom. The van der Waals surface area contributed by atoms with Crippen LogP contribution < -0.4 is 15.4 Å². The number of sulfonamides is 1. The highest BCUT2D eigenvalue weighted by Gasteiger charge is 2.20. The zero-order chi connectivity index (χ0) is 23.8. The van der Waals surface area contributed by atoms with E-state index in [1.165, 1.54) is 24.3 Å². The van der Waals surface area contributed by atoms with Crippen molar-refractivity contribution in [3.63, 3.8) is 0 Å². The second kappa shape index (κ2) is 11.3. The van der Waals surface area contributed by atoms with Gasteiger partial charge >= 0.3 is 6.09 Å². The Morgan fingerprint density at radius 3 is 2.42 bits per heavy atom. The molecule has 1 fully saturated rings. The fourth-order valence-corrected chi connectivity index (χ4v) is 4.22. The van der Waals surface area contributed by atoms with Crippen LogP contribution in [0.25, 0.3) is 0 Å². The van der Waals surface area contributed by atoms with Crippen molar-refractivity contribution in [3.05, 3.63) is 54.1 Å². The Hall–Kier alpha value is -2.95. The molecule has 0 aliphatic carbocycles. The molecule has 2 aromatic rings. The van der Waals surface area contributed by atoms with Crippen LogP contribution in [-0.4, -0.2) is 46.3 Å². The summed E-state index contributed by atoms with van der Waals surface area (Å²) in [6, 6.07) is 12.3. The van der Waals surface area contributed by atoms with E-state index in [0.717, 1.165) is 12.8 Å². The molecule has 0 radical (unpaired) electrons. The van der Waals surface area contributed by atoms with Crippen molar-refractivity contribution in [2.24, 2.45) is 5.92 Å². The Labute approximate surface area is 193 Å². The van der Waals surface area contributed by atoms with E-state index in [-0.39, 0.29) is 23.5 Å². The van der Waals surface area contributed by atoms with E-state index >= 15 is 0 Å². The molecule has 0 saturated carbocycles. The number of anilines is 2. The van der Waals surface area contributed by atoms with Crippen LogP contribution in [0.2, 0.25) is 0 Å². The maximum atomic E-state index is 12.6. The summed E-state index contributed by atoms with van der Waals surface area (Å²) >= 11 is 0. The number of carbonyl (C=O) groups excluding carboxylic acids is 2. The molecule has 1 atom stereocenters. The first-order valence-corrected chi connectivity index (χ1v) is 12.3. The summed E-state index contributed by atoms with van der Waals surface area (Å²) < 4.78 is 38.0. The first-order valence-electron chi connectivity index (χ1n) is 10.8. The van der Waals surface area contributed by atoms with Crippen LogP contribution in [0.4, 0.5) is 16.2 Å². The third kappa shape index (κ3) is 7.55. The summed E-state index contributed by atoms with van der Waals surface area (Å²) in [5.41, 5.74) is 1.24. The van der Waals surface area contributed by atoms with E-state index in [9.17, 15) is 18.0 Å². The predicted octanol–water partition coefficient (Wildman–Crippen LogP) is 3.60. The molecule has 1 unspecified atom stereocenters. The zero-order valence-corrected chi connectivity index (χ0v) is 19.5. The van der Waals surface area contributed by atoms with Crippen LogP contribution in [-0.2, 0) is 19.5 Å². The number of benzene rings is 2. The minimum absolute atomic E-state index is 0.0724. The minimum atomic E-state index is -3.69. The van der Waals surface area contributed by atoms with Crippen LogP contribution in [0.3, 0.4) is 0 Å². The molecule has 1 aliphatic rings. The molecule has 0 aromatic heterocycles. The molecule has 3 N–H and O–H groups in total. The van der Waals surface area contributed by atoms with Crippen molar-refractivity contribution in [1.29, 1.82) is 0 Å². The molecular formula is C23H29N3O6S. The van der Waals surface area contributed by atoms with Gasteiger partial charge in [-0.3, -0.25) is 10.1 Å². The Bertz CT molecular complexity index is 1060. The van der Waals surface area contributed by atoms with Gasteiger partial charge in [-0.25, -0.2) is 17.9 Å². The fourth-order valence-electron chi connectivity index (χ4n) is 3.15. The third-order valence-corrected chi connectivity index (χ3v) is 6.31. The maximum absolute atomic E-state index is 12.6. The van der Waals surface area contributed by atoms with Crippen LogP contribution in [0.5, 0.6) is 0 Å². The molecule has 178 valence electrons. The standard InChI is InChI=1S/C23H29N3O6S/c1-16(2)15-32-23(28)26-19-6-3-5-18(13-19)25-22(27)17-8-10-21(11-9-17)33(29,30)24-14-20-7-4-12-31-20/h3,5-6,8-11,13,16,20,24H,4,7,12,14-15H2,1-2H3,(H,25,27)(H,26,28). The predicted molar refractivity (Wildman–Crippen MR) is 125 cm³/mol. The average Bonchev–Trinajstić information content (AvgIpc) is 3.30. The lowest BCUT2D eigenvalue weighted by molar-refractivity contribution is 0.102. The van der Waals surface area contributed by atoms with Gasteiger partial charge in [-0.2, -0.15) is 0 Å². The van der Waals surface area contributed by atoms with Gasteiger partial charge < -0.3 is 14.8 Å². The molecule has 0 bridgehead atoms. The molecular weight excluding hydrogens is 446 g/mol. The molecule has 1 aliphatic heterocycles. The van der Waals surface area contributed by atoms with Crippen molar-refractivity contribution < 1.29 is 27.5 Å². The van der Waals surface area contributed by atoms with Gasteiger partial charge in [0.25, 0.3) is 5.91 Å². The number of nitrogens with one attached hydrogen (secondary N) is 3. The van der Waals surface area contributed by atoms with Crippen LogP contribution in [0.15, 0.2) is 53.4 Å². The molecule has 3 rings (SSSR count). The molecule has 33 heavy (non-hydrogen) atoms. The molecule has 10 heteroatoms. The Kier molecular flexibility index (Phi) is 8.43. The van der Waals surface area contributed by atoms with Gasteiger partial charge in [0.15, 0.2) is 0 Å². The molecule has 9 nitrogen and oxygen atoms in total. The van der Waals surface area contributed by atoms with Gasteiger partial charge in [-0.05, 0) is 61.2 Å². The van der Waals surface area contributed by atoms with E-state index in [1.807, 2.05) is 13.8 Å². The SMILES string of the molecule is CC(C)COC(=O)Nc1cccc(NC(=O)c2ccc(S(=O)(=O)NCC3CCCO3)cc2)c1. The molecule has 1 heterocycles. The topological polar surface area (TPSA) is 123 Å². The summed E-state index contributed by atoms with van der Waals surface area (Å²) in [6.45, 7) is 5.05. The Morgan fingerprint density at radius 2 is 1.79 bits per heavy atom. The summed E-state index contributed by atoms with van der Waals surface area (Å²) in [5, 5.41) is 5.34. The average molecular weight is 476 g/mol. The summed E-state index contributed by atoms with van der Waals surface area (Å²) in [6.07, 6.45) is 1.08. The van der Waals surface area contributed by atoms with Gasteiger partial charge in [-0.15, -0.1) is 0 Å². The van der Waals surface area contributed by atoms with Crippen molar-refractivity contribution in [2.75, 3.05) is 30.4 Å². The minimum Gasteiger partial charge on any atom is -0.449 e. The molecule has 0 spiro atoms. The quantitative estimate of drug-likeness (QED) is 0.509. The van der Waals surface area contributed by atoms with Gasteiger partial charge in [-0.1, -0.05) is 19.9 Å². The van der Waals surface area contributed by atoms with Crippen molar-refractivity contribution in [1.82, 2.24) is 4.72 Å². The van der Waals surface area contributed by atoms with Gasteiger partial charge in [0.1, 0.15) is 0 Å². The number of hydrogen-bond donors (Lipinski definition) is 3. The van der Waals surface area contributed by atoms with Gasteiger partial charge in [0.2, 0.25) is 10.0 Å². The van der Waals surface area contributed by atoms with E-state index in [4.69, 9.17) is 9.47 Å². The van der Waals surface area contributed by atoms with Crippen LogP contribution in [0.1, 0.15) is 37.0 Å². The summed E-state index contributed by atoms with van der Waals surface area (Å²) in [7, 11) is -3.69. The highest BCUT2D eigenvalue weighted by Crippen LogP contribution is 2.18. The number of amides is 2. The number of hydrogen-bond acceptors (Lipinski definition) is 6. The lowest BCUT2D eigenvalue weighted by Gasteiger charge is -2.12. The maximum Gasteiger partial charge on any atom is 0.411 e. The van der Waals surface area contributed by atoms with Gasteiger partial charge in [0, 0.05) is 30.1 Å². The highest BCUT2D eigenvalue weighted by molar-refractivity contribution is 7.89. The van der Waals surface area contributed by atoms with Crippen LogP contribution >= 0.6 is 0 Å². The van der Waals surface area contributed by atoms with E-state index in [2.05, 4.69) is 15.4 Å². The third-order valence-electron chi connectivity index (χ3n) is 4.87. The number of rotatable bonds is 9. The summed E-state index contributed by atoms with van der Waals surface area (Å²) in [5.74, 6) is -0.189. The number of ether oxygens (including phenoxy) is 2. The number of carbonyl (C=O) groups is 2. The summed E-state index contributed by atoms with van der Waals surface area (Å²) in [4.78, 5) is 24.5. The molecule has 1 saturated heterocycles. The van der Waals surface area contributed by atoms with E-state index < -0.39 is 22.0 Å². The lowest BCUT2D eigenvalue weighted by Crippen LogP contribution is -2.31. The smallest absolute Gasteiger partial charge is 0.411 e. The lowest BCUT2D eigenvalue weighted by atomic mass is 10.2. The van der Waals surface area contributed by atoms with E-state index in [1.54, 1.807) is 24.3 Å². The van der Waals surface area contributed by atoms with Crippen molar-refractivity contribution in [3.8, 4) is 0 Å². The highest BCUT2D eigenvalue weighted by atomic mass is 32.2. The van der Waals surface area contributed by atoms with Crippen molar-refractivity contribution >= 4 is 33.4 Å². The molecule has 2 aromatic carbocycles. The normalized spacial score (nSPS) is 15.9. The molecule has 2 amide bonds. The monoisotopic (exact) mass is 475 g/mol. The fraction of sp³-hybridized carbons (Fsp3) is 0.391. The second-order valence-electron chi connectivity index (χ2n) is 8.16. The van der Waals surface area contributed by atoms with Crippen molar-refractivity contribution in [2.45, 2.75) is 37.7 Å². The Balaban J connectivity index is 1.57. The second-order valence-corrected chi connectivity index (χ2v) is 9.93. The first kappa shape index (κ1) is 24.7. The largest absolute Gasteiger partial charge is 0.449 e. The van der Waals surface area contributed by atoms with Crippen LogP contribution in [0, 0.1) is 5.92 Å². The van der Waals surface area contributed by atoms with Gasteiger partial charge in [0.05, 0.1) is 17.6 Å². The first-order chi connectivity index (χ1) is 15.7. The zero-order valence-electron chi connectivity index (χ0n) is 18.7.